The van der Waals surface area contributed by atoms with Crippen molar-refractivity contribution < 1.29 is 14.3 Å². The van der Waals surface area contributed by atoms with Crippen LogP contribution in [0.15, 0.2) is 24.3 Å². The van der Waals surface area contributed by atoms with Gasteiger partial charge < -0.3 is 15.0 Å². The van der Waals surface area contributed by atoms with Crippen molar-refractivity contribution in [1.29, 1.82) is 0 Å². The first kappa shape index (κ1) is 14.0. The molecule has 0 saturated carbocycles. The van der Waals surface area contributed by atoms with Gasteiger partial charge in [-0.05, 0) is 19.1 Å². The number of aryl methyl sites for hydroxylation is 1. The van der Waals surface area contributed by atoms with Crippen molar-refractivity contribution in [3.05, 3.63) is 29.8 Å². The number of benzene rings is 1. The minimum Gasteiger partial charge on any atom is -0.453 e. The van der Waals surface area contributed by atoms with Gasteiger partial charge >= 0.3 is 6.09 Å². The van der Waals surface area contributed by atoms with Gasteiger partial charge in [0.15, 0.2) is 0 Å². The molecule has 0 aliphatic heterocycles. The quantitative estimate of drug-likeness (QED) is 0.885. The summed E-state index contributed by atoms with van der Waals surface area (Å²) in [6.07, 6.45) is -0.498. The molecule has 0 aliphatic carbocycles. The third-order valence-corrected chi connectivity index (χ3v) is 2.52. The van der Waals surface area contributed by atoms with Crippen LogP contribution in [0.4, 0.5) is 10.5 Å². The average Bonchev–Trinajstić information content (AvgIpc) is 2.35. The highest BCUT2D eigenvalue weighted by atomic mass is 16.5. The highest BCUT2D eigenvalue weighted by Gasteiger charge is 2.11. The number of anilines is 1. The van der Waals surface area contributed by atoms with Crippen molar-refractivity contribution in [2.75, 3.05) is 25.1 Å². The van der Waals surface area contributed by atoms with E-state index in [0.717, 1.165) is 11.3 Å². The van der Waals surface area contributed by atoms with Crippen LogP contribution in [-0.4, -0.2) is 32.2 Å². The first-order valence-electron chi connectivity index (χ1n) is 5.71. The molecule has 1 rings (SSSR count). The molecule has 0 unspecified atom stereocenters. The van der Waals surface area contributed by atoms with E-state index in [-0.39, 0.29) is 5.91 Å². The summed E-state index contributed by atoms with van der Waals surface area (Å²) >= 11 is 0. The molecule has 0 atom stereocenters. The number of carbonyl (C=O) groups excluding carboxylic acids is 2. The van der Waals surface area contributed by atoms with E-state index in [1.807, 2.05) is 31.2 Å². The highest BCUT2D eigenvalue weighted by molar-refractivity contribution is 5.91. The molecule has 98 valence electrons. The number of nitrogens with one attached hydrogen (secondary N) is 1. The third kappa shape index (κ3) is 4.08. The molecule has 0 fully saturated rings. The van der Waals surface area contributed by atoms with Gasteiger partial charge in [-0.3, -0.25) is 4.79 Å². The first-order valence-corrected chi connectivity index (χ1v) is 5.71. The maximum Gasteiger partial charge on any atom is 0.406 e. The van der Waals surface area contributed by atoms with Gasteiger partial charge in [0.2, 0.25) is 5.91 Å². The number of hydrogen-bond donors (Lipinski definition) is 1. The fourth-order valence-electron chi connectivity index (χ4n) is 1.53. The van der Waals surface area contributed by atoms with Gasteiger partial charge in [0.25, 0.3) is 0 Å². The predicted molar refractivity (Wildman–Crippen MR) is 69.6 cm³/mol. The summed E-state index contributed by atoms with van der Waals surface area (Å²) in [6.45, 7) is 4.24. The number of ether oxygens (including phenoxy) is 1. The Morgan fingerprint density at radius 3 is 2.39 bits per heavy atom. The molecule has 0 heterocycles. The normalized spacial score (nSPS) is 9.72. The molecule has 5 heteroatoms. The van der Waals surface area contributed by atoms with Crippen molar-refractivity contribution in [3.8, 4) is 0 Å². The second-order valence-corrected chi connectivity index (χ2v) is 3.92. The van der Waals surface area contributed by atoms with Gasteiger partial charge in [-0.15, -0.1) is 0 Å². The Bertz CT molecular complexity index is 415. The molecular formula is C13H18N2O3. The average molecular weight is 250 g/mol. The van der Waals surface area contributed by atoms with E-state index in [9.17, 15) is 9.59 Å². The van der Waals surface area contributed by atoms with Crippen molar-refractivity contribution in [3.63, 3.8) is 0 Å². The van der Waals surface area contributed by atoms with E-state index in [4.69, 9.17) is 0 Å². The number of methoxy groups -OCH3 is 1. The van der Waals surface area contributed by atoms with Crippen LogP contribution in [0.3, 0.4) is 0 Å². The lowest BCUT2D eigenvalue weighted by atomic mass is 10.2. The van der Waals surface area contributed by atoms with Crippen LogP contribution in [0.2, 0.25) is 0 Å². The second kappa shape index (κ2) is 6.64. The van der Waals surface area contributed by atoms with Crippen LogP contribution in [0, 0.1) is 6.92 Å². The lowest BCUT2D eigenvalue weighted by Gasteiger charge is -2.21. The Hall–Kier alpha value is -2.04. The Morgan fingerprint density at radius 1 is 1.28 bits per heavy atom. The highest BCUT2D eigenvalue weighted by Crippen LogP contribution is 2.14. The van der Waals surface area contributed by atoms with Crippen molar-refractivity contribution in [2.45, 2.75) is 13.8 Å². The summed E-state index contributed by atoms with van der Waals surface area (Å²) < 4.78 is 4.46. The topological polar surface area (TPSA) is 58.6 Å². The van der Waals surface area contributed by atoms with Crippen LogP contribution >= 0.6 is 0 Å². The molecule has 5 nitrogen and oxygen atoms in total. The maximum atomic E-state index is 11.6. The molecule has 0 bridgehead atoms. The summed E-state index contributed by atoms with van der Waals surface area (Å²) in [5.41, 5.74) is 1.95. The second-order valence-electron chi connectivity index (χ2n) is 3.92. The standard InChI is InChI=1S/C13H18N2O3/c1-10-4-6-12(7-5-10)15(11(2)16)9-8-14-13(17)18-3/h4-7H,8-9H2,1-3H3,(H,14,17). The van der Waals surface area contributed by atoms with Crippen LogP contribution in [-0.2, 0) is 9.53 Å². The number of alkyl carbamates (subject to hydrolysis) is 1. The van der Waals surface area contributed by atoms with E-state index in [1.54, 1.807) is 4.90 Å². The van der Waals surface area contributed by atoms with E-state index in [2.05, 4.69) is 10.1 Å². The largest absolute Gasteiger partial charge is 0.453 e. The predicted octanol–water partition coefficient (Wildman–Crippen LogP) is 1.70. The zero-order chi connectivity index (χ0) is 13.5. The maximum absolute atomic E-state index is 11.6. The van der Waals surface area contributed by atoms with E-state index < -0.39 is 6.09 Å². The number of hydrogen-bond acceptors (Lipinski definition) is 3. The Morgan fingerprint density at radius 2 is 1.89 bits per heavy atom. The monoisotopic (exact) mass is 250 g/mol. The molecule has 1 aromatic rings. The Labute approximate surface area is 107 Å². The van der Waals surface area contributed by atoms with Gasteiger partial charge in [-0.1, -0.05) is 17.7 Å². The fourth-order valence-corrected chi connectivity index (χ4v) is 1.53. The molecule has 1 N–H and O–H groups in total. The molecule has 0 aromatic heterocycles. The van der Waals surface area contributed by atoms with E-state index in [0.29, 0.717) is 13.1 Å². The summed E-state index contributed by atoms with van der Waals surface area (Å²) in [5.74, 6) is -0.0643. The smallest absolute Gasteiger partial charge is 0.406 e. The van der Waals surface area contributed by atoms with E-state index >= 15 is 0 Å². The number of rotatable bonds is 4. The zero-order valence-corrected chi connectivity index (χ0v) is 10.9. The number of nitrogens with zero attached hydrogens (tertiary/aromatic N) is 1. The SMILES string of the molecule is COC(=O)NCCN(C(C)=O)c1ccc(C)cc1. The summed E-state index contributed by atoms with van der Waals surface area (Å²) in [6, 6.07) is 7.65. The lowest BCUT2D eigenvalue weighted by Crippen LogP contribution is -2.37. The fraction of sp³-hybridized carbons (Fsp3) is 0.385. The molecule has 0 spiro atoms. The van der Waals surface area contributed by atoms with Gasteiger partial charge in [0.1, 0.15) is 0 Å². The summed E-state index contributed by atoms with van der Waals surface area (Å²) in [4.78, 5) is 24.1. The van der Waals surface area contributed by atoms with Crippen molar-refractivity contribution >= 4 is 17.7 Å². The minimum atomic E-state index is -0.498. The Kier molecular flexibility index (Phi) is 5.17. The molecule has 0 aliphatic rings. The zero-order valence-electron chi connectivity index (χ0n) is 10.9. The van der Waals surface area contributed by atoms with Crippen LogP contribution in [0.25, 0.3) is 0 Å². The molecule has 2 amide bonds. The van der Waals surface area contributed by atoms with Crippen LogP contribution < -0.4 is 10.2 Å². The van der Waals surface area contributed by atoms with Gasteiger partial charge in [-0.25, -0.2) is 4.79 Å². The number of amides is 2. The number of carbonyl (C=O) groups is 2. The lowest BCUT2D eigenvalue weighted by molar-refractivity contribution is -0.116. The molecule has 18 heavy (non-hydrogen) atoms. The van der Waals surface area contributed by atoms with E-state index in [1.165, 1.54) is 14.0 Å². The summed E-state index contributed by atoms with van der Waals surface area (Å²) in [5, 5.41) is 2.54. The summed E-state index contributed by atoms with van der Waals surface area (Å²) in [7, 11) is 1.30. The van der Waals surface area contributed by atoms with Crippen LogP contribution in [0.1, 0.15) is 12.5 Å². The molecular weight excluding hydrogens is 232 g/mol. The van der Waals surface area contributed by atoms with Gasteiger partial charge in [-0.2, -0.15) is 0 Å². The van der Waals surface area contributed by atoms with Gasteiger partial charge in [0.05, 0.1) is 7.11 Å². The molecule has 0 radical (unpaired) electrons. The molecule has 0 saturated heterocycles. The van der Waals surface area contributed by atoms with Gasteiger partial charge in [0, 0.05) is 25.7 Å². The first-order chi connectivity index (χ1) is 8.54. The third-order valence-electron chi connectivity index (χ3n) is 2.52. The van der Waals surface area contributed by atoms with Crippen molar-refractivity contribution in [1.82, 2.24) is 5.32 Å². The van der Waals surface area contributed by atoms with Crippen LogP contribution in [0.5, 0.6) is 0 Å². The Balaban J connectivity index is 2.63. The minimum absolute atomic E-state index is 0.0643. The molecule has 1 aromatic carbocycles. The van der Waals surface area contributed by atoms with Crippen molar-refractivity contribution in [2.24, 2.45) is 0 Å².